The predicted octanol–water partition coefficient (Wildman–Crippen LogP) is 6.05. The summed E-state index contributed by atoms with van der Waals surface area (Å²) in [5.74, 6) is 0. The van der Waals surface area contributed by atoms with Crippen LogP contribution in [-0.4, -0.2) is 35.7 Å². The van der Waals surface area contributed by atoms with Crippen LogP contribution >= 0.6 is 30.3 Å². The Morgan fingerprint density at radius 1 is 1.10 bits per heavy atom. The lowest BCUT2D eigenvalue weighted by Crippen LogP contribution is -2.45. The SMILES string of the molecule is CC(C)(C)OC(=O)N1CCC[C@H]1CN[C@@H](c1ccccc1)[C@@H](NSI)c1ccccc1. The molecule has 168 valence electrons. The van der Waals surface area contributed by atoms with Gasteiger partial charge >= 0.3 is 6.09 Å². The van der Waals surface area contributed by atoms with E-state index < -0.39 is 5.60 Å². The molecule has 2 aromatic rings. The van der Waals surface area contributed by atoms with Gasteiger partial charge in [0.05, 0.1) is 12.1 Å². The minimum Gasteiger partial charge on any atom is -0.444 e. The van der Waals surface area contributed by atoms with Crippen molar-refractivity contribution in [2.45, 2.75) is 57.3 Å². The number of hydrogen-bond acceptors (Lipinski definition) is 5. The van der Waals surface area contributed by atoms with Crippen molar-refractivity contribution in [3.05, 3.63) is 71.8 Å². The first kappa shape index (κ1) is 24.4. The largest absolute Gasteiger partial charge is 0.444 e. The monoisotopic (exact) mass is 553 g/mol. The quantitative estimate of drug-likeness (QED) is 0.308. The molecule has 0 unspecified atom stereocenters. The molecule has 2 N–H and O–H groups in total. The van der Waals surface area contributed by atoms with Crippen LogP contribution in [0, 0.1) is 0 Å². The van der Waals surface area contributed by atoms with Crippen molar-refractivity contribution in [2.75, 3.05) is 13.1 Å². The molecule has 0 saturated carbocycles. The summed E-state index contributed by atoms with van der Waals surface area (Å²) >= 11 is 2.28. The molecular weight excluding hydrogens is 521 g/mol. The van der Waals surface area contributed by atoms with E-state index in [2.05, 4.69) is 79.8 Å². The Kier molecular flexibility index (Phi) is 9.06. The zero-order chi connectivity index (χ0) is 22.3. The van der Waals surface area contributed by atoms with Gasteiger partial charge in [-0.2, -0.15) is 0 Å². The standard InChI is InChI=1S/C24H32IN3O2S/c1-24(2,3)30-23(29)28-16-10-15-20(28)17-26-21(18-11-6-4-7-12-18)22(27-31-25)19-13-8-5-9-14-19/h4-9,11-14,20-22,26-27H,10,15-17H2,1-3H3/t20-,21-,22-/m0/s1. The first-order chi connectivity index (χ1) is 14.9. The fourth-order valence-electron chi connectivity index (χ4n) is 4.00. The van der Waals surface area contributed by atoms with Crippen molar-refractivity contribution in [2.24, 2.45) is 0 Å². The number of carbonyl (C=O) groups excluding carboxylic acids is 1. The molecule has 7 heteroatoms. The minimum absolute atomic E-state index is 0.0620. The van der Waals surface area contributed by atoms with Crippen molar-refractivity contribution in [3.63, 3.8) is 0 Å². The van der Waals surface area contributed by atoms with Crippen LogP contribution in [0.2, 0.25) is 0 Å². The van der Waals surface area contributed by atoms with Crippen molar-refractivity contribution < 1.29 is 9.53 Å². The number of carbonyl (C=O) groups is 1. The summed E-state index contributed by atoms with van der Waals surface area (Å²) in [4.78, 5) is 14.6. The van der Waals surface area contributed by atoms with E-state index in [1.165, 1.54) is 11.1 Å². The molecule has 3 rings (SSSR count). The van der Waals surface area contributed by atoms with E-state index in [1.807, 2.05) is 37.8 Å². The average molecular weight is 554 g/mol. The molecule has 0 aliphatic carbocycles. The second kappa shape index (κ2) is 11.5. The van der Waals surface area contributed by atoms with E-state index in [0.29, 0.717) is 0 Å². The molecule has 1 aliphatic rings. The number of nitrogens with zero attached hydrogens (tertiary/aromatic N) is 1. The van der Waals surface area contributed by atoms with Gasteiger partial charge in [0, 0.05) is 40.3 Å². The van der Waals surface area contributed by atoms with Crippen molar-refractivity contribution >= 4 is 36.4 Å². The van der Waals surface area contributed by atoms with Crippen molar-refractivity contribution in [1.29, 1.82) is 0 Å². The molecule has 1 amide bonds. The van der Waals surface area contributed by atoms with E-state index >= 15 is 0 Å². The maximum absolute atomic E-state index is 12.7. The van der Waals surface area contributed by atoms with Gasteiger partial charge in [-0.3, -0.25) is 0 Å². The van der Waals surface area contributed by atoms with Crippen LogP contribution < -0.4 is 10.0 Å². The summed E-state index contributed by atoms with van der Waals surface area (Å²) in [7, 11) is 1.59. The van der Waals surface area contributed by atoms with Crippen LogP contribution in [0.4, 0.5) is 4.79 Å². The van der Waals surface area contributed by atoms with Crippen LogP contribution in [0.1, 0.15) is 56.8 Å². The highest BCUT2D eigenvalue weighted by atomic mass is 127. The molecule has 0 spiro atoms. The van der Waals surface area contributed by atoms with Gasteiger partial charge in [-0.25, -0.2) is 9.52 Å². The molecule has 0 radical (unpaired) electrons. The third kappa shape index (κ3) is 7.10. The second-order valence-corrected chi connectivity index (χ2v) is 10.6. The Morgan fingerprint density at radius 3 is 2.23 bits per heavy atom. The molecule has 1 saturated heterocycles. The summed E-state index contributed by atoms with van der Waals surface area (Å²) in [6.07, 6.45) is 1.78. The number of rotatable bonds is 8. The fraction of sp³-hybridized carbons (Fsp3) is 0.458. The highest BCUT2D eigenvalue weighted by Crippen LogP contribution is 2.32. The summed E-state index contributed by atoms with van der Waals surface area (Å²) in [6, 6.07) is 21.3. The van der Waals surface area contributed by atoms with Crippen LogP contribution in [-0.2, 0) is 4.74 Å². The Labute approximate surface area is 202 Å². The van der Waals surface area contributed by atoms with Gasteiger partial charge in [0.15, 0.2) is 0 Å². The summed E-state index contributed by atoms with van der Waals surface area (Å²) in [5, 5.41) is 3.78. The number of amides is 1. The van der Waals surface area contributed by atoms with Gasteiger partial charge in [0.1, 0.15) is 5.60 Å². The molecule has 2 aromatic carbocycles. The van der Waals surface area contributed by atoms with Gasteiger partial charge in [-0.1, -0.05) is 60.7 Å². The molecule has 1 aliphatic heterocycles. The highest BCUT2D eigenvalue weighted by Gasteiger charge is 2.33. The van der Waals surface area contributed by atoms with E-state index in [1.54, 1.807) is 9.12 Å². The lowest BCUT2D eigenvalue weighted by molar-refractivity contribution is 0.0224. The molecule has 1 heterocycles. The zero-order valence-corrected chi connectivity index (χ0v) is 21.4. The van der Waals surface area contributed by atoms with Crippen LogP contribution in [0.3, 0.4) is 0 Å². The molecule has 0 bridgehead atoms. The van der Waals surface area contributed by atoms with Gasteiger partial charge in [-0.05, 0) is 53.9 Å². The third-order valence-electron chi connectivity index (χ3n) is 5.40. The minimum atomic E-state index is -0.482. The van der Waals surface area contributed by atoms with Gasteiger partial charge in [0.2, 0.25) is 0 Å². The summed E-state index contributed by atoms with van der Waals surface area (Å²) in [5.41, 5.74) is 1.96. The fourth-order valence-corrected chi connectivity index (χ4v) is 5.19. The summed E-state index contributed by atoms with van der Waals surface area (Å²) in [6.45, 7) is 7.21. The van der Waals surface area contributed by atoms with E-state index in [9.17, 15) is 4.79 Å². The number of benzene rings is 2. The molecule has 31 heavy (non-hydrogen) atoms. The molecule has 0 aromatic heterocycles. The molecule has 5 nitrogen and oxygen atoms in total. The maximum atomic E-state index is 12.7. The number of ether oxygens (including phenoxy) is 1. The van der Waals surface area contributed by atoms with Crippen LogP contribution in [0.15, 0.2) is 60.7 Å². The number of likely N-dealkylation sites (tertiary alicyclic amines) is 1. The average Bonchev–Trinajstić information content (AvgIpc) is 3.22. The van der Waals surface area contributed by atoms with Crippen molar-refractivity contribution in [1.82, 2.24) is 14.9 Å². The van der Waals surface area contributed by atoms with E-state index in [0.717, 1.165) is 25.9 Å². The normalized spacial score (nSPS) is 18.6. The Morgan fingerprint density at radius 2 is 1.68 bits per heavy atom. The maximum Gasteiger partial charge on any atom is 0.410 e. The topological polar surface area (TPSA) is 53.6 Å². The summed E-state index contributed by atoms with van der Waals surface area (Å²) < 4.78 is 9.21. The molecular formula is C24H32IN3O2S. The van der Waals surface area contributed by atoms with Gasteiger partial charge in [-0.15, -0.1) is 0 Å². The Hall–Kier alpha value is -1.29. The smallest absolute Gasteiger partial charge is 0.410 e. The number of halogens is 1. The van der Waals surface area contributed by atoms with E-state index in [4.69, 9.17) is 4.74 Å². The number of hydrogen-bond donors (Lipinski definition) is 2. The second-order valence-electron chi connectivity index (χ2n) is 8.85. The van der Waals surface area contributed by atoms with Crippen LogP contribution in [0.5, 0.6) is 0 Å². The first-order valence-corrected chi connectivity index (χ1v) is 14.1. The van der Waals surface area contributed by atoms with E-state index in [-0.39, 0.29) is 24.2 Å². The highest BCUT2D eigenvalue weighted by molar-refractivity contribution is 14.2. The first-order valence-electron chi connectivity index (χ1n) is 10.7. The predicted molar refractivity (Wildman–Crippen MR) is 137 cm³/mol. The van der Waals surface area contributed by atoms with Crippen molar-refractivity contribution in [3.8, 4) is 0 Å². The lowest BCUT2D eigenvalue weighted by atomic mass is 9.93. The van der Waals surface area contributed by atoms with Crippen LogP contribution in [0.25, 0.3) is 0 Å². The number of nitrogens with one attached hydrogen (secondary N) is 2. The Bertz CT molecular complexity index is 817. The van der Waals surface area contributed by atoms with Gasteiger partial charge in [0.25, 0.3) is 0 Å². The lowest BCUT2D eigenvalue weighted by Gasteiger charge is -2.33. The Balaban J connectivity index is 1.78. The zero-order valence-electron chi connectivity index (χ0n) is 18.4. The third-order valence-corrected chi connectivity index (χ3v) is 6.51. The molecule has 1 fully saturated rings. The van der Waals surface area contributed by atoms with Gasteiger partial charge < -0.3 is 15.0 Å². The molecule has 3 atom stereocenters.